The Kier molecular flexibility index (Phi) is 6.85. The number of nitrogens with one attached hydrogen (secondary N) is 1. The minimum absolute atomic E-state index is 0.496. The van der Waals surface area contributed by atoms with E-state index in [-0.39, 0.29) is 0 Å². The average molecular weight is 358 g/mol. The van der Waals surface area contributed by atoms with E-state index in [4.69, 9.17) is 11.6 Å². The van der Waals surface area contributed by atoms with Crippen LogP contribution in [0.3, 0.4) is 0 Å². The Morgan fingerprint density at radius 2 is 2.04 bits per heavy atom. The SMILES string of the molecule is CCCCCN(Cc1cc(Cl)ccn1)C[C@H]1Cc2ccccc2CN1. The molecule has 134 valence electrons. The van der Waals surface area contributed by atoms with Gasteiger partial charge in [0.15, 0.2) is 0 Å². The van der Waals surface area contributed by atoms with Gasteiger partial charge in [0.2, 0.25) is 0 Å². The van der Waals surface area contributed by atoms with Gasteiger partial charge in [-0.15, -0.1) is 0 Å². The first kappa shape index (κ1) is 18.4. The monoisotopic (exact) mass is 357 g/mol. The minimum atomic E-state index is 0.496. The lowest BCUT2D eigenvalue weighted by atomic mass is 9.95. The summed E-state index contributed by atoms with van der Waals surface area (Å²) in [7, 11) is 0. The molecule has 0 amide bonds. The number of aromatic nitrogens is 1. The summed E-state index contributed by atoms with van der Waals surface area (Å²) >= 11 is 6.13. The third-order valence-corrected chi connectivity index (χ3v) is 5.12. The second-order valence-electron chi connectivity index (χ2n) is 6.96. The van der Waals surface area contributed by atoms with Crippen LogP contribution < -0.4 is 5.32 Å². The highest BCUT2D eigenvalue weighted by Crippen LogP contribution is 2.18. The zero-order valence-corrected chi connectivity index (χ0v) is 15.8. The number of rotatable bonds is 8. The van der Waals surface area contributed by atoms with Crippen molar-refractivity contribution < 1.29 is 0 Å². The molecule has 1 aromatic heterocycles. The summed E-state index contributed by atoms with van der Waals surface area (Å²) < 4.78 is 0. The molecule has 0 aliphatic carbocycles. The molecular formula is C21H28ClN3. The van der Waals surface area contributed by atoms with Crippen molar-refractivity contribution in [2.75, 3.05) is 13.1 Å². The Bertz CT molecular complexity index is 674. The zero-order chi connectivity index (χ0) is 17.5. The average Bonchev–Trinajstić information content (AvgIpc) is 2.62. The van der Waals surface area contributed by atoms with Crippen LogP contribution in [0.25, 0.3) is 0 Å². The van der Waals surface area contributed by atoms with Crippen LogP contribution in [0.1, 0.15) is 43.0 Å². The van der Waals surface area contributed by atoms with Gasteiger partial charge < -0.3 is 5.32 Å². The van der Waals surface area contributed by atoms with Crippen molar-refractivity contribution in [1.29, 1.82) is 0 Å². The molecule has 0 saturated carbocycles. The number of hydrogen-bond acceptors (Lipinski definition) is 3. The van der Waals surface area contributed by atoms with Crippen molar-refractivity contribution in [2.45, 2.75) is 51.7 Å². The van der Waals surface area contributed by atoms with Crippen molar-refractivity contribution in [3.05, 3.63) is 64.4 Å². The third-order valence-electron chi connectivity index (χ3n) is 4.89. The van der Waals surface area contributed by atoms with E-state index in [2.05, 4.69) is 46.4 Å². The molecule has 1 aromatic carbocycles. The summed E-state index contributed by atoms with van der Waals surface area (Å²) in [6.07, 6.45) is 6.67. The first-order chi connectivity index (χ1) is 12.2. The second-order valence-corrected chi connectivity index (χ2v) is 7.39. The molecule has 0 fully saturated rings. The van der Waals surface area contributed by atoms with Gasteiger partial charge in [-0.25, -0.2) is 0 Å². The quantitative estimate of drug-likeness (QED) is 0.708. The standard InChI is InChI=1S/C21H28ClN3/c1-2-3-6-11-25(16-21-13-19(22)9-10-23-21)15-20-12-17-7-4-5-8-18(17)14-24-20/h4-5,7-10,13,20,24H,2-3,6,11-12,14-16H2,1H3/t20-/m1/s1. The van der Waals surface area contributed by atoms with Crippen LogP contribution in [-0.2, 0) is 19.5 Å². The van der Waals surface area contributed by atoms with Gasteiger partial charge in [-0.3, -0.25) is 9.88 Å². The molecule has 2 heterocycles. The van der Waals surface area contributed by atoms with Crippen molar-refractivity contribution >= 4 is 11.6 Å². The predicted octanol–water partition coefficient (Wildman–Crippen LogP) is 4.44. The number of nitrogens with zero attached hydrogens (tertiary/aromatic N) is 2. The highest BCUT2D eigenvalue weighted by atomic mass is 35.5. The van der Waals surface area contributed by atoms with Gasteiger partial charge in [0, 0.05) is 36.9 Å². The Labute approximate surface area is 156 Å². The van der Waals surface area contributed by atoms with E-state index in [1.54, 1.807) is 6.20 Å². The molecule has 2 aromatic rings. The Hall–Kier alpha value is -1.42. The fourth-order valence-corrected chi connectivity index (χ4v) is 3.73. The van der Waals surface area contributed by atoms with Crippen LogP contribution >= 0.6 is 11.6 Å². The molecule has 25 heavy (non-hydrogen) atoms. The van der Waals surface area contributed by atoms with E-state index >= 15 is 0 Å². The minimum Gasteiger partial charge on any atom is -0.308 e. The predicted molar refractivity (Wildman–Crippen MR) is 105 cm³/mol. The largest absolute Gasteiger partial charge is 0.308 e. The van der Waals surface area contributed by atoms with Gasteiger partial charge in [0.05, 0.1) is 5.69 Å². The molecular weight excluding hydrogens is 330 g/mol. The number of halogens is 1. The second kappa shape index (κ2) is 9.33. The lowest BCUT2D eigenvalue weighted by molar-refractivity contribution is 0.222. The molecule has 3 nitrogen and oxygen atoms in total. The summed E-state index contributed by atoms with van der Waals surface area (Å²) in [5.41, 5.74) is 3.98. The highest BCUT2D eigenvalue weighted by Gasteiger charge is 2.20. The van der Waals surface area contributed by atoms with E-state index in [9.17, 15) is 0 Å². The summed E-state index contributed by atoms with van der Waals surface area (Å²) in [4.78, 5) is 7.02. The van der Waals surface area contributed by atoms with Gasteiger partial charge in [-0.05, 0) is 42.6 Å². The molecule has 0 bridgehead atoms. The van der Waals surface area contributed by atoms with Gasteiger partial charge in [0.1, 0.15) is 0 Å². The Balaban J connectivity index is 1.63. The van der Waals surface area contributed by atoms with E-state index in [1.807, 2.05) is 12.1 Å². The van der Waals surface area contributed by atoms with Crippen molar-refractivity contribution in [1.82, 2.24) is 15.2 Å². The van der Waals surface area contributed by atoms with Crippen LogP contribution in [0.15, 0.2) is 42.6 Å². The van der Waals surface area contributed by atoms with E-state index in [0.29, 0.717) is 6.04 Å². The van der Waals surface area contributed by atoms with Crippen LogP contribution in [0.5, 0.6) is 0 Å². The molecule has 0 radical (unpaired) electrons. The first-order valence-electron chi connectivity index (χ1n) is 9.37. The molecule has 0 spiro atoms. The molecule has 1 aliphatic heterocycles. The topological polar surface area (TPSA) is 28.2 Å². The van der Waals surface area contributed by atoms with Crippen LogP contribution in [0.4, 0.5) is 0 Å². The fourth-order valence-electron chi connectivity index (χ4n) is 3.55. The molecule has 1 atom stereocenters. The summed E-state index contributed by atoms with van der Waals surface area (Å²) in [6.45, 7) is 6.25. The summed E-state index contributed by atoms with van der Waals surface area (Å²) in [5.74, 6) is 0. The molecule has 1 N–H and O–H groups in total. The normalized spacial score (nSPS) is 16.8. The maximum absolute atomic E-state index is 6.13. The fraction of sp³-hybridized carbons (Fsp3) is 0.476. The Morgan fingerprint density at radius 1 is 1.20 bits per heavy atom. The molecule has 0 unspecified atom stereocenters. The van der Waals surface area contributed by atoms with E-state index < -0.39 is 0 Å². The van der Waals surface area contributed by atoms with Crippen LogP contribution in [0, 0.1) is 0 Å². The molecule has 4 heteroatoms. The van der Waals surface area contributed by atoms with Gasteiger partial charge in [0.25, 0.3) is 0 Å². The number of benzene rings is 1. The van der Waals surface area contributed by atoms with Gasteiger partial charge in [-0.2, -0.15) is 0 Å². The molecule has 3 rings (SSSR count). The molecule has 1 aliphatic rings. The first-order valence-corrected chi connectivity index (χ1v) is 9.75. The smallest absolute Gasteiger partial charge is 0.0558 e. The van der Waals surface area contributed by atoms with Crippen LogP contribution in [-0.4, -0.2) is 29.0 Å². The number of unbranched alkanes of at least 4 members (excludes halogenated alkanes) is 2. The van der Waals surface area contributed by atoms with E-state index in [1.165, 1.54) is 30.4 Å². The van der Waals surface area contributed by atoms with Crippen molar-refractivity contribution in [3.8, 4) is 0 Å². The number of pyridine rings is 1. The third kappa shape index (κ3) is 5.53. The maximum atomic E-state index is 6.13. The van der Waals surface area contributed by atoms with E-state index in [0.717, 1.165) is 43.3 Å². The summed E-state index contributed by atoms with van der Waals surface area (Å²) in [5, 5.41) is 4.47. The van der Waals surface area contributed by atoms with Crippen molar-refractivity contribution in [2.24, 2.45) is 0 Å². The van der Waals surface area contributed by atoms with Gasteiger partial charge in [-0.1, -0.05) is 55.6 Å². The maximum Gasteiger partial charge on any atom is 0.0558 e. The number of fused-ring (bicyclic) bond motifs is 1. The molecule has 0 saturated heterocycles. The van der Waals surface area contributed by atoms with Crippen LogP contribution in [0.2, 0.25) is 5.02 Å². The zero-order valence-electron chi connectivity index (χ0n) is 15.0. The lowest BCUT2D eigenvalue weighted by Gasteiger charge is -2.31. The number of hydrogen-bond donors (Lipinski definition) is 1. The Morgan fingerprint density at radius 3 is 2.84 bits per heavy atom. The lowest BCUT2D eigenvalue weighted by Crippen LogP contribution is -2.44. The summed E-state index contributed by atoms with van der Waals surface area (Å²) in [6, 6.07) is 13.1. The highest BCUT2D eigenvalue weighted by molar-refractivity contribution is 6.30. The van der Waals surface area contributed by atoms with Gasteiger partial charge >= 0.3 is 0 Å². The van der Waals surface area contributed by atoms with Crippen molar-refractivity contribution in [3.63, 3.8) is 0 Å².